The molecule has 0 aliphatic carbocycles. The SMILES string of the molecule is O=C(O)C(O)C(O)C(=O)OCC(O)CO.O=C1COCCOCCOCCOCCOCCO1.OCC(O)CO. The second-order valence-electron chi connectivity index (χ2n) is 7.44. The number of rotatable bonds is 8. The predicted molar refractivity (Wildman–Crippen MR) is 129 cm³/mol. The molecule has 0 radical (unpaired) electrons. The highest BCUT2D eigenvalue weighted by molar-refractivity contribution is 5.84. The molecule has 0 spiro atoms. The smallest absolute Gasteiger partial charge is 0.338 e. The van der Waals surface area contributed by atoms with Gasteiger partial charge in [0.1, 0.15) is 32.0 Å². The molecule has 18 heteroatoms. The van der Waals surface area contributed by atoms with E-state index in [0.717, 1.165) is 0 Å². The maximum absolute atomic E-state index is 11.2. The minimum absolute atomic E-state index is 0.0665. The molecule has 0 bridgehead atoms. The van der Waals surface area contributed by atoms with Crippen LogP contribution in [0.1, 0.15) is 0 Å². The van der Waals surface area contributed by atoms with E-state index in [2.05, 4.69) is 4.74 Å². The van der Waals surface area contributed by atoms with Gasteiger partial charge in [0.2, 0.25) is 0 Å². The number of ether oxygens (including phenoxy) is 7. The Kier molecular flexibility index (Phi) is 28.5. The third kappa shape index (κ3) is 26.2. The van der Waals surface area contributed by atoms with Gasteiger partial charge in [-0.3, -0.25) is 0 Å². The van der Waals surface area contributed by atoms with Crippen LogP contribution in [0.2, 0.25) is 0 Å². The molecule has 1 heterocycles. The number of carboxylic acids is 1. The Morgan fingerprint density at radius 3 is 1.43 bits per heavy atom. The van der Waals surface area contributed by atoms with E-state index in [1.807, 2.05) is 0 Å². The fourth-order valence-electron chi connectivity index (χ4n) is 1.93. The van der Waals surface area contributed by atoms with E-state index in [0.29, 0.717) is 59.5 Å². The lowest BCUT2D eigenvalue weighted by atomic mass is 10.2. The van der Waals surface area contributed by atoms with E-state index in [1.54, 1.807) is 0 Å². The van der Waals surface area contributed by atoms with Crippen LogP contribution in [0.25, 0.3) is 0 Å². The number of esters is 2. The summed E-state index contributed by atoms with van der Waals surface area (Å²) >= 11 is 0. The quantitative estimate of drug-likeness (QED) is 0.122. The molecule has 3 atom stereocenters. The minimum atomic E-state index is -2.29. The van der Waals surface area contributed by atoms with Crippen molar-refractivity contribution in [2.45, 2.75) is 24.4 Å². The summed E-state index contributed by atoms with van der Waals surface area (Å²) in [5, 5.41) is 66.9. The van der Waals surface area contributed by atoms with Gasteiger partial charge in [-0.15, -0.1) is 0 Å². The number of hydrogen-bond acceptors (Lipinski definition) is 17. The van der Waals surface area contributed by atoms with Gasteiger partial charge in [0, 0.05) is 0 Å². The van der Waals surface area contributed by atoms with E-state index in [-0.39, 0.29) is 26.4 Å². The van der Waals surface area contributed by atoms with E-state index in [4.69, 9.17) is 69.3 Å². The van der Waals surface area contributed by atoms with Gasteiger partial charge in [0.05, 0.1) is 79.3 Å². The average Bonchev–Trinajstić information content (AvgIpc) is 2.96. The topological polar surface area (TPSA) is 278 Å². The molecule has 1 saturated heterocycles. The van der Waals surface area contributed by atoms with Crippen LogP contribution in [0.3, 0.4) is 0 Å². The lowest BCUT2D eigenvalue weighted by molar-refractivity contribution is -0.171. The third-order valence-corrected chi connectivity index (χ3v) is 4.04. The number of carbonyl (C=O) groups excluding carboxylic acids is 2. The lowest BCUT2D eigenvalue weighted by Gasteiger charge is -2.14. The molecule has 40 heavy (non-hydrogen) atoms. The largest absolute Gasteiger partial charge is 0.479 e. The van der Waals surface area contributed by atoms with Gasteiger partial charge in [-0.05, 0) is 0 Å². The van der Waals surface area contributed by atoms with Gasteiger partial charge in [-0.2, -0.15) is 0 Å². The molecule has 0 aromatic carbocycles. The molecular formula is C22H42O18. The Morgan fingerprint density at radius 1 is 0.650 bits per heavy atom. The molecule has 8 N–H and O–H groups in total. The number of carboxylic acid groups (broad SMARTS) is 1. The van der Waals surface area contributed by atoms with Crippen LogP contribution >= 0.6 is 0 Å². The van der Waals surface area contributed by atoms with Crippen molar-refractivity contribution in [3.63, 3.8) is 0 Å². The first-order chi connectivity index (χ1) is 19.1. The third-order valence-electron chi connectivity index (χ3n) is 4.04. The number of aliphatic carboxylic acids is 1. The van der Waals surface area contributed by atoms with Crippen LogP contribution in [0, 0.1) is 0 Å². The average molecular weight is 595 g/mol. The first-order valence-electron chi connectivity index (χ1n) is 12.1. The van der Waals surface area contributed by atoms with Gasteiger partial charge >= 0.3 is 17.9 Å². The molecular weight excluding hydrogens is 552 g/mol. The van der Waals surface area contributed by atoms with E-state index in [1.165, 1.54) is 0 Å². The van der Waals surface area contributed by atoms with Crippen molar-refractivity contribution >= 4 is 17.9 Å². The first kappa shape index (κ1) is 40.1. The van der Waals surface area contributed by atoms with Crippen LogP contribution in [0.15, 0.2) is 0 Å². The zero-order chi connectivity index (χ0) is 30.6. The number of aliphatic hydroxyl groups excluding tert-OH is 7. The fourth-order valence-corrected chi connectivity index (χ4v) is 1.93. The van der Waals surface area contributed by atoms with E-state index >= 15 is 0 Å². The van der Waals surface area contributed by atoms with Crippen LogP contribution in [-0.4, -0.2) is 182 Å². The maximum Gasteiger partial charge on any atom is 0.338 e. The molecule has 0 saturated carbocycles. The normalized spacial score (nSPS) is 18.6. The lowest BCUT2D eigenvalue weighted by Crippen LogP contribution is -2.41. The molecule has 1 fully saturated rings. The van der Waals surface area contributed by atoms with Crippen LogP contribution in [0.4, 0.5) is 0 Å². The van der Waals surface area contributed by atoms with Crippen LogP contribution < -0.4 is 0 Å². The molecule has 0 amide bonds. The molecule has 0 aromatic heterocycles. The van der Waals surface area contributed by atoms with Crippen molar-refractivity contribution in [3.05, 3.63) is 0 Å². The van der Waals surface area contributed by atoms with E-state index in [9.17, 15) is 14.4 Å². The monoisotopic (exact) mass is 594 g/mol. The van der Waals surface area contributed by atoms with E-state index < -0.39 is 55.5 Å². The van der Waals surface area contributed by atoms with Crippen LogP contribution in [0.5, 0.6) is 0 Å². The van der Waals surface area contributed by atoms with Crippen molar-refractivity contribution < 1.29 is 88.4 Å². The highest BCUT2D eigenvalue weighted by Crippen LogP contribution is 1.98. The van der Waals surface area contributed by atoms with Crippen molar-refractivity contribution in [1.82, 2.24) is 0 Å². The fraction of sp³-hybridized carbons (Fsp3) is 0.864. The summed E-state index contributed by atoms with van der Waals surface area (Å²) in [5.74, 6) is -3.57. The van der Waals surface area contributed by atoms with Crippen LogP contribution in [-0.2, 0) is 47.5 Å². The Balaban J connectivity index is 0. The molecule has 3 unspecified atom stereocenters. The highest BCUT2D eigenvalue weighted by atomic mass is 16.6. The van der Waals surface area contributed by atoms with Gasteiger partial charge < -0.3 is 74.0 Å². The molecule has 238 valence electrons. The summed E-state index contributed by atoms with van der Waals surface area (Å²) in [7, 11) is 0. The molecule has 18 nitrogen and oxygen atoms in total. The summed E-state index contributed by atoms with van der Waals surface area (Å²) < 4.78 is 35.2. The number of hydrogen-bond donors (Lipinski definition) is 8. The Bertz CT molecular complexity index is 597. The van der Waals surface area contributed by atoms with Crippen molar-refractivity contribution in [3.8, 4) is 0 Å². The Labute approximate surface area is 230 Å². The number of cyclic esters (lactones) is 1. The van der Waals surface area contributed by atoms with Gasteiger partial charge in [0.15, 0.2) is 12.2 Å². The zero-order valence-corrected chi connectivity index (χ0v) is 22.1. The second kappa shape index (κ2) is 28.5. The first-order valence-corrected chi connectivity index (χ1v) is 12.1. The molecule has 1 aliphatic heterocycles. The second-order valence-corrected chi connectivity index (χ2v) is 7.44. The number of carbonyl (C=O) groups is 3. The Morgan fingerprint density at radius 2 is 1.05 bits per heavy atom. The summed E-state index contributed by atoms with van der Waals surface area (Å²) in [6, 6.07) is 0. The molecule has 1 rings (SSSR count). The standard InChI is InChI=1S/C12H22O7.C7H12O8.C3H8O3/c13-12-11-18-8-7-16-4-3-14-1-2-15-5-6-17-9-10-19-12;8-1-3(9)2-15-7(14)5(11)4(10)6(12)13;4-1-3(6)2-5/h1-11H2;3-5,8-11H,1-2H2,(H,12,13);3-6H,1-2H2. The van der Waals surface area contributed by atoms with Gasteiger partial charge in [-0.1, -0.05) is 0 Å². The summed E-state index contributed by atoms with van der Waals surface area (Å²) in [6.07, 6.45) is -6.79. The summed E-state index contributed by atoms with van der Waals surface area (Å²) in [5.41, 5.74) is 0. The van der Waals surface area contributed by atoms with Gasteiger partial charge in [0.25, 0.3) is 0 Å². The minimum Gasteiger partial charge on any atom is -0.479 e. The number of aliphatic hydroxyl groups is 7. The van der Waals surface area contributed by atoms with Gasteiger partial charge in [-0.25, -0.2) is 14.4 Å². The maximum atomic E-state index is 11.2. The summed E-state index contributed by atoms with van der Waals surface area (Å²) in [6.45, 7) is 2.37. The van der Waals surface area contributed by atoms with Crippen molar-refractivity contribution in [1.29, 1.82) is 0 Å². The Hall–Kier alpha value is -2.07. The predicted octanol–water partition coefficient (Wildman–Crippen LogP) is -5.35. The molecule has 1 aliphatic rings. The van der Waals surface area contributed by atoms with Crippen molar-refractivity contribution in [2.24, 2.45) is 0 Å². The zero-order valence-electron chi connectivity index (χ0n) is 22.1. The highest BCUT2D eigenvalue weighted by Gasteiger charge is 2.31. The molecule has 0 aromatic rings. The summed E-state index contributed by atoms with van der Waals surface area (Å²) in [4.78, 5) is 32.1. The van der Waals surface area contributed by atoms with Crippen molar-refractivity contribution in [2.75, 3.05) is 99.1 Å².